The van der Waals surface area contributed by atoms with Crippen molar-refractivity contribution in [3.05, 3.63) is 60.3 Å². The highest BCUT2D eigenvalue weighted by Crippen LogP contribution is 2.26. The number of hydrogen-bond acceptors (Lipinski definition) is 3. The van der Waals surface area contributed by atoms with Gasteiger partial charge in [0.1, 0.15) is 5.75 Å². The Bertz CT molecular complexity index is 765. The molecule has 2 heterocycles. The molecule has 0 unspecified atom stereocenters. The van der Waals surface area contributed by atoms with Gasteiger partial charge in [-0.2, -0.15) is 5.10 Å². The Hall–Kier alpha value is -2.69. The van der Waals surface area contributed by atoms with Crippen LogP contribution in [0.5, 0.6) is 5.75 Å². The minimum absolute atomic E-state index is 0.203. The molecule has 0 fully saturated rings. The van der Waals surface area contributed by atoms with Crippen LogP contribution in [0.3, 0.4) is 0 Å². The molecule has 21 heavy (non-hydrogen) atoms. The highest BCUT2D eigenvalue weighted by atomic mass is 19.1. The molecule has 3 rings (SSSR count). The zero-order valence-electron chi connectivity index (χ0n) is 11.7. The molecule has 0 radical (unpaired) electrons. The first-order valence-electron chi connectivity index (χ1n) is 6.50. The van der Waals surface area contributed by atoms with Crippen LogP contribution in [-0.4, -0.2) is 21.9 Å². The molecular weight excluding hydrogens is 269 g/mol. The standard InChI is InChI=1S/C16H14FN3O/c1-11-14(12-5-7-13(21-2)8-6-12)10-19-20(11)16-15(17)4-3-9-18-16/h3-10H,1-2H3. The molecule has 4 nitrogen and oxygen atoms in total. The molecule has 0 amide bonds. The molecule has 5 heteroatoms. The number of aromatic nitrogens is 3. The van der Waals surface area contributed by atoms with Crippen LogP contribution in [0.4, 0.5) is 4.39 Å². The summed E-state index contributed by atoms with van der Waals surface area (Å²) in [6.07, 6.45) is 3.26. The Morgan fingerprint density at radius 1 is 1.14 bits per heavy atom. The Morgan fingerprint density at radius 3 is 2.57 bits per heavy atom. The number of halogens is 1. The molecule has 0 N–H and O–H groups in total. The molecule has 3 aromatic rings. The Balaban J connectivity index is 2.05. The van der Waals surface area contributed by atoms with Gasteiger partial charge in [-0.3, -0.25) is 0 Å². The van der Waals surface area contributed by atoms with Crippen LogP contribution in [0.15, 0.2) is 48.8 Å². The van der Waals surface area contributed by atoms with E-state index in [1.54, 1.807) is 25.6 Å². The molecule has 0 saturated carbocycles. The van der Waals surface area contributed by atoms with Gasteiger partial charge in [-0.25, -0.2) is 14.1 Å². The van der Waals surface area contributed by atoms with Crippen LogP contribution >= 0.6 is 0 Å². The molecule has 0 spiro atoms. The molecule has 0 aliphatic heterocycles. The van der Waals surface area contributed by atoms with Gasteiger partial charge in [0.2, 0.25) is 0 Å². The monoisotopic (exact) mass is 283 g/mol. The van der Waals surface area contributed by atoms with E-state index in [9.17, 15) is 4.39 Å². The van der Waals surface area contributed by atoms with Crippen molar-refractivity contribution < 1.29 is 9.13 Å². The van der Waals surface area contributed by atoms with Crippen LogP contribution in [0.2, 0.25) is 0 Å². The normalized spacial score (nSPS) is 10.6. The summed E-state index contributed by atoms with van der Waals surface area (Å²) in [5.74, 6) is 0.597. The predicted octanol–water partition coefficient (Wildman–Crippen LogP) is 3.39. The Morgan fingerprint density at radius 2 is 1.90 bits per heavy atom. The summed E-state index contributed by atoms with van der Waals surface area (Å²) in [6.45, 7) is 1.89. The maximum absolute atomic E-state index is 13.8. The quantitative estimate of drug-likeness (QED) is 0.739. The zero-order valence-corrected chi connectivity index (χ0v) is 11.7. The van der Waals surface area contributed by atoms with Crippen molar-refractivity contribution in [2.45, 2.75) is 6.92 Å². The molecule has 1 aromatic carbocycles. The number of nitrogens with zero attached hydrogens (tertiary/aromatic N) is 3. The SMILES string of the molecule is COc1ccc(-c2cnn(-c3ncccc3F)c2C)cc1. The first-order valence-corrected chi connectivity index (χ1v) is 6.50. The van der Waals surface area contributed by atoms with Crippen molar-refractivity contribution in [2.24, 2.45) is 0 Å². The average Bonchev–Trinajstić information content (AvgIpc) is 2.89. The molecule has 0 bridgehead atoms. The van der Waals surface area contributed by atoms with E-state index >= 15 is 0 Å². The van der Waals surface area contributed by atoms with Crippen molar-refractivity contribution >= 4 is 0 Å². The van der Waals surface area contributed by atoms with Crippen molar-refractivity contribution in [3.63, 3.8) is 0 Å². The number of rotatable bonds is 3. The van der Waals surface area contributed by atoms with Crippen LogP contribution < -0.4 is 4.74 Å². The molecule has 106 valence electrons. The maximum atomic E-state index is 13.8. The van der Waals surface area contributed by atoms with Gasteiger partial charge in [-0.1, -0.05) is 12.1 Å². The van der Waals surface area contributed by atoms with Crippen molar-refractivity contribution in [1.82, 2.24) is 14.8 Å². The summed E-state index contributed by atoms with van der Waals surface area (Å²) in [4.78, 5) is 4.05. The molecule has 0 saturated heterocycles. The van der Waals surface area contributed by atoms with E-state index in [1.165, 1.54) is 10.7 Å². The second kappa shape index (κ2) is 5.36. The fourth-order valence-electron chi connectivity index (χ4n) is 2.21. The summed E-state index contributed by atoms with van der Waals surface area (Å²) in [7, 11) is 1.63. The topological polar surface area (TPSA) is 39.9 Å². The van der Waals surface area contributed by atoms with Crippen LogP contribution in [0, 0.1) is 12.7 Å². The second-order valence-electron chi connectivity index (χ2n) is 4.59. The first kappa shape index (κ1) is 13.3. The van der Waals surface area contributed by atoms with Gasteiger partial charge in [0.05, 0.1) is 19.0 Å². The molecular formula is C16H14FN3O. The third-order valence-electron chi connectivity index (χ3n) is 3.35. The molecule has 0 atom stereocenters. The van der Waals surface area contributed by atoms with E-state index in [0.29, 0.717) is 0 Å². The van der Waals surface area contributed by atoms with Gasteiger partial charge >= 0.3 is 0 Å². The lowest BCUT2D eigenvalue weighted by molar-refractivity contribution is 0.415. The van der Waals surface area contributed by atoms with Crippen molar-refractivity contribution in [2.75, 3.05) is 7.11 Å². The number of ether oxygens (including phenoxy) is 1. The van der Waals surface area contributed by atoms with Gasteiger partial charge in [0.15, 0.2) is 11.6 Å². The van der Waals surface area contributed by atoms with Crippen molar-refractivity contribution in [3.8, 4) is 22.7 Å². The number of pyridine rings is 1. The van der Waals surface area contributed by atoms with Crippen LogP contribution in [-0.2, 0) is 0 Å². The number of hydrogen-bond donors (Lipinski definition) is 0. The fourth-order valence-corrected chi connectivity index (χ4v) is 2.21. The lowest BCUT2D eigenvalue weighted by atomic mass is 10.1. The third kappa shape index (κ3) is 2.38. The zero-order chi connectivity index (χ0) is 14.8. The lowest BCUT2D eigenvalue weighted by Gasteiger charge is -2.06. The highest BCUT2D eigenvalue weighted by molar-refractivity contribution is 5.66. The maximum Gasteiger partial charge on any atom is 0.189 e. The summed E-state index contributed by atoms with van der Waals surface area (Å²) in [6, 6.07) is 10.6. The van der Waals surface area contributed by atoms with E-state index in [2.05, 4.69) is 10.1 Å². The van der Waals surface area contributed by atoms with E-state index in [-0.39, 0.29) is 5.82 Å². The first-order chi connectivity index (χ1) is 10.2. The molecule has 0 aliphatic rings. The van der Waals surface area contributed by atoms with Crippen LogP contribution in [0.25, 0.3) is 16.9 Å². The number of benzene rings is 1. The summed E-state index contributed by atoms with van der Waals surface area (Å²) < 4.78 is 20.5. The predicted molar refractivity (Wildman–Crippen MR) is 78.0 cm³/mol. The van der Waals surface area contributed by atoms with E-state index in [0.717, 1.165) is 22.6 Å². The smallest absolute Gasteiger partial charge is 0.189 e. The molecule has 0 aliphatic carbocycles. The van der Waals surface area contributed by atoms with Gasteiger partial charge in [0, 0.05) is 11.8 Å². The summed E-state index contributed by atoms with van der Waals surface area (Å²) >= 11 is 0. The Labute approximate surface area is 121 Å². The van der Waals surface area contributed by atoms with Gasteiger partial charge in [-0.15, -0.1) is 0 Å². The second-order valence-corrected chi connectivity index (χ2v) is 4.59. The van der Waals surface area contributed by atoms with E-state index in [1.807, 2.05) is 31.2 Å². The minimum atomic E-state index is -0.398. The van der Waals surface area contributed by atoms with E-state index in [4.69, 9.17) is 4.74 Å². The molecule has 2 aromatic heterocycles. The summed E-state index contributed by atoms with van der Waals surface area (Å²) in [5, 5.41) is 4.25. The van der Waals surface area contributed by atoms with E-state index < -0.39 is 5.82 Å². The lowest BCUT2D eigenvalue weighted by Crippen LogP contribution is -2.04. The highest BCUT2D eigenvalue weighted by Gasteiger charge is 2.13. The van der Waals surface area contributed by atoms with Gasteiger partial charge < -0.3 is 4.74 Å². The fraction of sp³-hybridized carbons (Fsp3) is 0.125. The van der Waals surface area contributed by atoms with Crippen molar-refractivity contribution in [1.29, 1.82) is 0 Å². The number of methoxy groups -OCH3 is 1. The van der Waals surface area contributed by atoms with Gasteiger partial charge in [0.25, 0.3) is 0 Å². The average molecular weight is 283 g/mol. The van der Waals surface area contributed by atoms with Crippen LogP contribution in [0.1, 0.15) is 5.69 Å². The summed E-state index contributed by atoms with van der Waals surface area (Å²) in [5.41, 5.74) is 2.76. The Kier molecular flexibility index (Phi) is 3.39. The third-order valence-corrected chi connectivity index (χ3v) is 3.35. The minimum Gasteiger partial charge on any atom is -0.497 e. The van der Waals surface area contributed by atoms with Gasteiger partial charge in [-0.05, 0) is 36.8 Å². The largest absolute Gasteiger partial charge is 0.497 e.